The number of nitrogens with one attached hydrogen (secondary N) is 1. The van der Waals surface area contributed by atoms with Gasteiger partial charge in [-0.3, -0.25) is 9.36 Å². The van der Waals surface area contributed by atoms with E-state index < -0.39 is 23.1 Å². The Morgan fingerprint density at radius 2 is 1.71 bits per heavy atom. The van der Waals surface area contributed by atoms with E-state index >= 15 is 0 Å². The van der Waals surface area contributed by atoms with E-state index in [4.69, 9.17) is 11.6 Å². The maximum Gasteiger partial charge on any atom is 0.431 e. The molecule has 0 saturated carbocycles. The Morgan fingerprint density at radius 1 is 1.04 bits per heavy atom. The third-order valence-corrected chi connectivity index (χ3v) is 3.95. The predicted molar refractivity (Wildman–Crippen MR) is 84.4 cm³/mol. The Hall–Kier alpha value is -2.54. The van der Waals surface area contributed by atoms with E-state index in [0.717, 1.165) is 10.8 Å². The molecule has 2 aromatic carbocycles. The SMILES string of the molecule is O=c1cc(C(F)(F)F)[nH]c(=O)n1Cc1ccc(Cl)c2ccccc12. The van der Waals surface area contributed by atoms with E-state index in [1.165, 1.54) is 0 Å². The highest BCUT2D eigenvalue weighted by Gasteiger charge is 2.32. The first-order chi connectivity index (χ1) is 11.3. The lowest BCUT2D eigenvalue weighted by Gasteiger charge is -2.11. The first kappa shape index (κ1) is 16.3. The molecule has 1 heterocycles. The fourth-order valence-electron chi connectivity index (χ4n) is 2.46. The summed E-state index contributed by atoms with van der Waals surface area (Å²) < 4.78 is 38.6. The van der Waals surface area contributed by atoms with Crippen LogP contribution >= 0.6 is 11.6 Å². The normalized spacial score (nSPS) is 11.8. The zero-order valence-electron chi connectivity index (χ0n) is 12.0. The van der Waals surface area contributed by atoms with Crippen LogP contribution in [0.25, 0.3) is 10.8 Å². The van der Waals surface area contributed by atoms with Crippen molar-refractivity contribution in [2.24, 2.45) is 0 Å². The molecule has 0 bridgehead atoms. The monoisotopic (exact) mass is 354 g/mol. The quantitative estimate of drug-likeness (QED) is 0.766. The van der Waals surface area contributed by atoms with E-state index in [9.17, 15) is 22.8 Å². The molecule has 0 amide bonds. The molecule has 0 atom stereocenters. The van der Waals surface area contributed by atoms with Crippen molar-refractivity contribution in [3.8, 4) is 0 Å². The molecule has 8 heteroatoms. The minimum atomic E-state index is -4.79. The van der Waals surface area contributed by atoms with Gasteiger partial charge in [0.25, 0.3) is 5.56 Å². The van der Waals surface area contributed by atoms with Crippen LogP contribution in [0.2, 0.25) is 5.02 Å². The Labute approximate surface area is 138 Å². The van der Waals surface area contributed by atoms with Crippen LogP contribution in [0, 0.1) is 0 Å². The molecular formula is C16H10ClF3N2O2. The van der Waals surface area contributed by atoms with Crippen LogP contribution in [0.5, 0.6) is 0 Å². The summed E-state index contributed by atoms with van der Waals surface area (Å²) in [6.45, 7) is -0.163. The highest BCUT2D eigenvalue weighted by molar-refractivity contribution is 6.35. The smallest absolute Gasteiger partial charge is 0.303 e. The summed E-state index contributed by atoms with van der Waals surface area (Å²) in [5.74, 6) is 0. The molecule has 1 N–H and O–H groups in total. The first-order valence-electron chi connectivity index (χ1n) is 6.85. The molecule has 0 aliphatic rings. The van der Waals surface area contributed by atoms with Gasteiger partial charge in [-0.05, 0) is 17.0 Å². The molecule has 4 nitrogen and oxygen atoms in total. The second kappa shape index (κ2) is 5.83. The van der Waals surface area contributed by atoms with Gasteiger partial charge < -0.3 is 4.98 Å². The van der Waals surface area contributed by atoms with Crippen LogP contribution < -0.4 is 11.2 Å². The van der Waals surface area contributed by atoms with E-state index in [0.29, 0.717) is 21.2 Å². The van der Waals surface area contributed by atoms with Crippen molar-refractivity contribution in [1.82, 2.24) is 9.55 Å². The summed E-state index contributed by atoms with van der Waals surface area (Å²) in [5.41, 5.74) is -2.91. The molecule has 0 aliphatic heterocycles. The number of hydrogen-bond donors (Lipinski definition) is 1. The lowest BCUT2D eigenvalue weighted by Crippen LogP contribution is -2.37. The standard InChI is InChI=1S/C16H10ClF3N2O2/c17-12-6-5-9(10-3-1-2-4-11(10)12)8-22-14(23)7-13(16(18,19)20)21-15(22)24/h1-7H,8H2,(H,21,24). The summed E-state index contributed by atoms with van der Waals surface area (Å²) in [5, 5.41) is 1.95. The molecule has 0 radical (unpaired) electrons. The zero-order valence-corrected chi connectivity index (χ0v) is 12.8. The number of halogens is 4. The topological polar surface area (TPSA) is 54.9 Å². The first-order valence-corrected chi connectivity index (χ1v) is 7.22. The Balaban J connectivity index is 2.12. The van der Waals surface area contributed by atoms with Crippen molar-refractivity contribution >= 4 is 22.4 Å². The molecule has 0 fully saturated rings. The van der Waals surface area contributed by atoms with E-state index in [2.05, 4.69) is 0 Å². The average Bonchev–Trinajstić information content (AvgIpc) is 2.52. The Morgan fingerprint density at radius 3 is 2.33 bits per heavy atom. The molecule has 24 heavy (non-hydrogen) atoms. The molecule has 3 rings (SSSR count). The van der Waals surface area contributed by atoms with Gasteiger partial charge in [0.1, 0.15) is 5.69 Å². The van der Waals surface area contributed by atoms with Gasteiger partial charge in [0.15, 0.2) is 0 Å². The summed E-state index contributed by atoms with van der Waals surface area (Å²) in [6.07, 6.45) is -4.79. The third kappa shape index (κ3) is 2.94. The summed E-state index contributed by atoms with van der Waals surface area (Å²) in [4.78, 5) is 25.5. The van der Waals surface area contributed by atoms with Crippen LogP contribution in [-0.4, -0.2) is 9.55 Å². The van der Waals surface area contributed by atoms with Gasteiger partial charge in [0, 0.05) is 16.5 Å². The van der Waals surface area contributed by atoms with Crippen molar-refractivity contribution in [3.05, 3.63) is 79.6 Å². The molecule has 124 valence electrons. The van der Waals surface area contributed by atoms with Gasteiger partial charge in [-0.1, -0.05) is 41.9 Å². The number of benzene rings is 2. The molecule has 0 saturated heterocycles. The van der Waals surface area contributed by atoms with Crippen LogP contribution in [0.3, 0.4) is 0 Å². The molecule has 1 aromatic heterocycles. The van der Waals surface area contributed by atoms with E-state index in [1.807, 2.05) is 0 Å². The van der Waals surface area contributed by atoms with Crippen LogP contribution in [0.1, 0.15) is 11.3 Å². The van der Waals surface area contributed by atoms with Gasteiger partial charge in [0.05, 0.1) is 6.54 Å². The number of alkyl halides is 3. The highest BCUT2D eigenvalue weighted by Crippen LogP contribution is 2.27. The van der Waals surface area contributed by atoms with Crippen molar-refractivity contribution in [2.45, 2.75) is 12.7 Å². The summed E-state index contributed by atoms with van der Waals surface area (Å²) in [6, 6.07) is 10.7. The van der Waals surface area contributed by atoms with Crippen LogP contribution in [0.15, 0.2) is 52.1 Å². The van der Waals surface area contributed by atoms with E-state index in [-0.39, 0.29) is 6.54 Å². The van der Waals surface area contributed by atoms with Crippen LogP contribution in [-0.2, 0) is 12.7 Å². The Bertz CT molecular complexity index is 1010. The van der Waals surface area contributed by atoms with Crippen molar-refractivity contribution in [3.63, 3.8) is 0 Å². The fraction of sp³-hybridized carbons (Fsp3) is 0.125. The summed E-state index contributed by atoms with van der Waals surface area (Å²) in [7, 11) is 0. The van der Waals surface area contributed by atoms with Crippen molar-refractivity contribution < 1.29 is 13.2 Å². The number of hydrogen-bond acceptors (Lipinski definition) is 2. The number of rotatable bonds is 2. The molecule has 0 aliphatic carbocycles. The number of nitrogens with zero attached hydrogens (tertiary/aromatic N) is 1. The lowest BCUT2D eigenvalue weighted by atomic mass is 10.0. The highest BCUT2D eigenvalue weighted by atomic mass is 35.5. The maximum atomic E-state index is 12.6. The minimum absolute atomic E-state index is 0.163. The Kier molecular flexibility index (Phi) is 3.96. The average molecular weight is 355 g/mol. The predicted octanol–water partition coefficient (Wildman–Crippen LogP) is 3.41. The van der Waals surface area contributed by atoms with Crippen molar-refractivity contribution in [1.29, 1.82) is 0 Å². The number of aromatic amines is 1. The lowest BCUT2D eigenvalue weighted by molar-refractivity contribution is -0.141. The molecule has 0 spiro atoms. The van der Waals surface area contributed by atoms with E-state index in [1.54, 1.807) is 41.4 Å². The zero-order chi connectivity index (χ0) is 17.5. The van der Waals surface area contributed by atoms with Gasteiger partial charge in [-0.25, -0.2) is 4.79 Å². The van der Waals surface area contributed by atoms with Crippen molar-refractivity contribution in [2.75, 3.05) is 0 Å². The van der Waals surface area contributed by atoms with Gasteiger partial charge in [0.2, 0.25) is 0 Å². The number of aromatic nitrogens is 2. The largest absolute Gasteiger partial charge is 0.431 e. The minimum Gasteiger partial charge on any atom is -0.303 e. The van der Waals surface area contributed by atoms with Gasteiger partial charge >= 0.3 is 11.9 Å². The van der Waals surface area contributed by atoms with Gasteiger partial charge in [-0.2, -0.15) is 13.2 Å². The maximum absolute atomic E-state index is 12.6. The number of fused-ring (bicyclic) bond motifs is 1. The third-order valence-electron chi connectivity index (χ3n) is 3.62. The molecule has 0 unspecified atom stereocenters. The fourth-order valence-corrected chi connectivity index (χ4v) is 2.68. The van der Waals surface area contributed by atoms with Crippen LogP contribution in [0.4, 0.5) is 13.2 Å². The van der Waals surface area contributed by atoms with Gasteiger partial charge in [-0.15, -0.1) is 0 Å². The molecular weight excluding hydrogens is 345 g/mol. The second-order valence-corrected chi connectivity index (χ2v) is 5.57. The molecule has 3 aromatic rings. The second-order valence-electron chi connectivity index (χ2n) is 5.16. The number of H-pyrrole nitrogens is 1. The summed E-state index contributed by atoms with van der Waals surface area (Å²) >= 11 is 6.10.